The lowest BCUT2D eigenvalue weighted by molar-refractivity contribution is -0.384. The molecule has 32 heavy (non-hydrogen) atoms. The van der Waals surface area contributed by atoms with Crippen molar-refractivity contribution in [2.45, 2.75) is 0 Å². The Kier molecular flexibility index (Phi) is 5.52. The van der Waals surface area contributed by atoms with Crippen LogP contribution in [0.3, 0.4) is 0 Å². The molecule has 0 aliphatic carbocycles. The zero-order valence-corrected chi connectivity index (χ0v) is 17.4. The van der Waals surface area contributed by atoms with Gasteiger partial charge in [-0.3, -0.25) is 25.0 Å². The largest absolute Gasteiger partial charge is 0.457 e. The summed E-state index contributed by atoms with van der Waals surface area (Å²) in [4.78, 5) is 48.7. The molecule has 1 aliphatic heterocycles. The molecule has 3 aromatic rings. The molecule has 4 rings (SSSR count). The molecule has 0 radical (unpaired) electrons. The quantitative estimate of drug-likeness (QED) is 0.251. The van der Waals surface area contributed by atoms with E-state index in [-0.39, 0.29) is 33.5 Å². The van der Waals surface area contributed by atoms with Gasteiger partial charge < -0.3 is 4.42 Å². The van der Waals surface area contributed by atoms with Gasteiger partial charge in [0.1, 0.15) is 22.1 Å². The minimum Gasteiger partial charge on any atom is -0.457 e. The van der Waals surface area contributed by atoms with Crippen molar-refractivity contribution in [3.63, 3.8) is 0 Å². The van der Waals surface area contributed by atoms with E-state index in [2.05, 4.69) is 5.32 Å². The average Bonchev–Trinajstić information content (AvgIpc) is 3.21. The Bertz CT molecular complexity index is 1310. The molecule has 4 amide bonds. The summed E-state index contributed by atoms with van der Waals surface area (Å²) in [5, 5.41) is 13.6. The van der Waals surface area contributed by atoms with Crippen molar-refractivity contribution in [1.82, 2.24) is 5.32 Å². The molecule has 1 saturated heterocycles. The second-order valence-corrected chi connectivity index (χ2v) is 7.40. The highest BCUT2D eigenvalue weighted by Crippen LogP contribution is 2.32. The monoisotopic (exact) mass is 471 g/mol. The number of rotatable bonds is 4. The molecule has 0 unspecified atom stereocenters. The molecule has 11 heteroatoms. The number of anilines is 1. The van der Waals surface area contributed by atoms with E-state index in [1.165, 1.54) is 60.7 Å². The minimum absolute atomic E-state index is 0.0240. The molecule has 2 aromatic carbocycles. The standard InChI is InChI=1S/C21H11Cl2N3O6/c22-12-2-4-13(5-3-12)25-20(28)15(19(27)24-21(25)29)10-14-6-8-18(32-14)11-1-7-16(23)17(9-11)26(30)31/h1-10H,(H,24,27,29)/b15-10-. The van der Waals surface area contributed by atoms with Gasteiger partial charge in [-0.1, -0.05) is 23.2 Å². The minimum atomic E-state index is -0.895. The number of carbonyl (C=O) groups excluding carboxylic acids is 3. The fourth-order valence-electron chi connectivity index (χ4n) is 3.02. The Labute approximate surface area is 190 Å². The van der Waals surface area contributed by atoms with Crippen LogP contribution in [0.2, 0.25) is 10.0 Å². The summed E-state index contributed by atoms with van der Waals surface area (Å²) in [6.45, 7) is 0. The van der Waals surface area contributed by atoms with Crippen LogP contribution in [0.5, 0.6) is 0 Å². The van der Waals surface area contributed by atoms with E-state index in [9.17, 15) is 24.5 Å². The zero-order chi connectivity index (χ0) is 23.0. The number of benzene rings is 2. The van der Waals surface area contributed by atoms with Gasteiger partial charge in [0.25, 0.3) is 17.5 Å². The normalized spacial score (nSPS) is 15.2. The van der Waals surface area contributed by atoms with E-state index in [4.69, 9.17) is 27.6 Å². The number of nitro groups is 1. The maximum Gasteiger partial charge on any atom is 0.335 e. The van der Waals surface area contributed by atoms with Crippen LogP contribution in [-0.2, 0) is 9.59 Å². The van der Waals surface area contributed by atoms with E-state index >= 15 is 0 Å². The van der Waals surface area contributed by atoms with Crippen LogP contribution in [0.1, 0.15) is 5.76 Å². The predicted molar refractivity (Wildman–Crippen MR) is 116 cm³/mol. The third-order valence-electron chi connectivity index (χ3n) is 4.53. The highest BCUT2D eigenvalue weighted by atomic mass is 35.5. The number of carbonyl (C=O) groups is 3. The summed E-state index contributed by atoms with van der Waals surface area (Å²) in [5.74, 6) is -1.35. The third kappa shape index (κ3) is 3.98. The van der Waals surface area contributed by atoms with E-state index in [1.54, 1.807) is 0 Å². The van der Waals surface area contributed by atoms with Crippen LogP contribution < -0.4 is 10.2 Å². The lowest BCUT2D eigenvalue weighted by Gasteiger charge is -2.26. The number of nitro benzene ring substituents is 1. The molecule has 0 atom stereocenters. The van der Waals surface area contributed by atoms with Crippen molar-refractivity contribution >= 4 is 58.5 Å². The predicted octanol–water partition coefficient (Wildman–Crippen LogP) is 4.83. The number of barbiturate groups is 1. The molecular formula is C21H11Cl2N3O6. The second-order valence-electron chi connectivity index (χ2n) is 6.56. The molecule has 1 fully saturated rings. The first-order chi connectivity index (χ1) is 15.2. The summed E-state index contributed by atoms with van der Waals surface area (Å²) in [6.07, 6.45) is 1.18. The van der Waals surface area contributed by atoms with E-state index in [0.29, 0.717) is 10.6 Å². The van der Waals surface area contributed by atoms with Gasteiger partial charge in [0, 0.05) is 16.7 Å². The van der Waals surface area contributed by atoms with E-state index < -0.39 is 22.8 Å². The van der Waals surface area contributed by atoms with Gasteiger partial charge in [0.2, 0.25) is 0 Å². The average molecular weight is 472 g/mol. The molecule has 1 N–H and O–H groups in total. The Hall–Kier alpha value is -3.95. The lowest BCUT2D eigenvalue weighted by Crippen LogP contribution is -2.54. The first kappa shape index (κ1) is 21.3. The van der Waals surface area contributed by atoms with Gasteiger partial charge in [-0.25, -0.2) is 9.69 Å². The van der Waals surface area contributed by atoms with Crippen molar-refractivity contribution in [1.29, 1.82) is 0 Å². The molecule has 0 bridgehead atoms. The molecule has 2 heterocycles. The van der Waals surface area contributed by atoms with Crippen molar-refractivity contribution in [2.24, 2.45) is 0 Å². The van der Waals surface area contributed by atoms with Crippen molar-refractivity contribution < 1.29 is 23.7 Å². The number of amides is 4. The maximum atomic E-state index is 12.9. The highest BCUT2D eigenvalue weighted by molar-refractivity contribution is 6.39. The number of urea groups is 1. The third-order valence-corrected chi connectivity index (χ3v) is 5.10. The topological polar surface area (TPSA) is 123 Å². The Morgan fingerprint density at radius 1 is 1.00 bits per heavy atom. The Balaban J connectivity index is 1.67. The van der Waals surface area contributed by atoms with Gasteiger partial charge in [0.05, 0.1) is 10.6 Å². The van der Waals surface area contributed by atoms with Crippen LogP contribution in [-0.4, -0.2) is 22.8 Å². The van der Waals surface area contributed by atoms with E-state index in [0.717, 1.165) is 4.90 Å². The van der Waals surface area contributed by atoms with Crippen molar-refractivity contribution in [3.8, 4) is 11.3 Å². The molecule has 1 aromatic heterocycles. The summed E-state index contributed by atoms with van der Waals surface area (Å²) in [5.41, 5.74) is -0.0194. The second kappa shape index (κ2) is 8.29. The van der Waals surface area contributed by atoms with Crippen LogP contribution in [0.15, 0.2) is 64.6 Å². The molecule has 0 spiro atoms. The Morgan fingerprint density at radius 2 is 1.72 bits per heavy atom. The number of nitrogens with zero attached hydrogens (tertiary/aromatic N) is 2. The van der Waals surface area contributed by atoms with Gasteiger partial charge in [-0.05, 0) is 54.6 Å². The SMILES string of the molecule is O=C1NC(=O)N(c2ccc(Cl)cc2)C(=O)/C1=C\c1ccc(-c2ccc(Cl)c([N+](=O)[O-])c2)o1. The van der Waals surface area contributed by atoms with Crippen LogP contribution in [0, 0.1) is 10.1 Å². The smallest absolute Gasteiger partial charge is 0.335 e. The molecule has 9 nitrogen and oxygen atoms in total. The molecule has 1 aliphatic rings. The number of hydrogen-bond donors (Lipinski definition) is 1. The molecular weight excluding hydrogens is 461 g/mol. The van der Waals surface area contributed by atoms with Crippen LogP contribution in [0.25, 0.3) is 17.4 Å². The van der Waals surface area contributed by atoms with Gasteiger partial charge >= 0.3 is 6.03 Å². The lowest BCUT2D eigenvalue weighted by atomic mass is 10.1. The number of furan rings is 1. The first-order valence-electron chi connectivity index (χ1n) is 8.96. The fraction of sp³-hybridized carbons (Fsp3) is 0. The number of imide groups is 2. The first-order valence-corrected chi connectivity index (χ1v) is 9.71. The van der Waals surface area contributed by atoms with Gasteiger partial charge in [-0.15, -0.1) is 0 Å². The van der Waals surface area contributed by atoms with E-state index in [1.807, 2.05) is 0 Å². The zero-order valence-electron chi connectivity index (χ0n) is 15.9. The van der Waals surface area contributed by atoms with Crippen molar-refractivity contribution in [2.75, 3.05) is 4.90 Å². The van der Waals surface area contributed by atoms with Crippen LogP contribution >= 0.6 is 23.2 Å². The molecule has 160 valence electrons. The summed E-state index contributed by atoms with van der Waals surface area (Å²) in [7, 11) is 0. The summed E-state index contributed by atoms with van der Waals surface area (Å²) < 4.78 is 5.63. The van der Waals surface area contributed by atoms with Crippen LogP contribution in [0.4, 0.5) is 16.2 Å². The fourth-order valence-corrected chi connectivity index (χ4v) is 3.33. The summed E-state index contributed by atoms with van der Waals surface area (Å²) >= 11 is 11.7. The highest BCUT2D eigenvalue weighted by Gasteiger charge is 2.37. The maximum absolute atomic E-state index is 12.9. The Morgan fingerprint density at radius 3 is 2.41 bits per heavy atom. The van der Waals surface area contributed by atoms with Crippen molar-refractivity contribution in [3.05, 3.63) is 86.1 Å². The summed E-state index contributed by atoms with van der Waals surface area (Å²) in [6, 6.07) is 12.2. The number of halogens is 2. The molecule has 0 saturated carbocycles. The van der Waals surface area contributed by atoms with Gasteiger partial charge in [0.15, 0.2) is 0 Å². The number of nitrogens with one attached hydrogen (secondary N) is 1. The van der Waals surface area contributed by atoms with Gasteiger partial charge in [-0.2, -0.15) is 0 Å². The number of hydrogen-bond acceptors (Lipinski definition) is 6.